The van der Waals surface area contributed by atoms with Gasteiger partial charge in [0.1, 0.15) is 17.1 Å². The second-order valence-corrected chi connectivity index (χ2v) is 7.60. The molecule has 7 nitrogen and oxygen atoms in total. The molecule has 2 aliphatic rings. The van der Waals surface area contributed by atoms with Crippen LogP contribution in [0.2, 0.25) is 0 Å². The molecule has 1 fully saturated rings. The van der Waals surface area contributed by atoms with Crippen LogP contribution in [0.1, 0.15) is 35.3 Å². The molecule has 2 aromatic rings. The lowest BCUT2D eigenvalue weighted by molar-refractivity contribution is 0.0942. The van der Waals surface area contributed by atoms with Crippen LogP contribution >= 0.6 is 0 Å². The molecular weight excluding hydrogens is 363 g/mol. The number of aryl methyl sites for hydroxylation is 1. The van der Waals surface area contributed by atoms with Crippen molar-refractivity contribution in [3.05, 3.63) is 39.4 Å². The third-order valence-corrected chi connectivity index (χ3v) is 5.74. The first-order valence-corrected chi connectivity index (χ1v) is 9.78. The van der Waals surface area contributed by atoms with Gasteiger partial charge in [0.25, 0.3) is 11.5 Å². The summed E-state index contributed by atoms with van der Waals surface area (Å²) in [4.78, 5) is 28.0. The Balaban J connectivity index is 1.67. The summed E-state index contributed by atoms with van der Waals surface area (Å²) in [6.07, 6.45) is 1.31. The number of nitrogens with zero attached hydrogens (tertiary/aromatic N) is 2. The van der Waals surface area contributed by atoms with E-state index in [1.807, 2.05) is 6.92 Å². The van der Waals surface area contributed by atoms with E-state index in [0.29, 0.717) is 37.0 Å². The molecule has 0 spiro atoms. The van der Waals surface area contributed by atoms with Crippen molar-refractivity contribution in [2.75, 3.05) is 39.3 Å². The highest BCUT2D eigenvalue weighted by Gasteiger charge is 2.28. The summed E-state index contributed by atoms with van der Waals surface area (Å²) in [6.45, 7) is 6.58. The molecule has 3 heterocycles. The maximum atomic E-state index is 14.0. The number of nitrogens with one attached hydrogen (secondary N) is 2. The van der Waals surface area contributed by atoms with Crippen LogP contribution in [0.3, 0.4) is 0 Å². The van der Waals surface area contributed by atoms with Crippen LogP contribution in [0.15, 0.2) is 16.9 Å². The van der Waals surface area contributed by atoms with Crippen LogP contribution in [0.25, 0.3) is 10.9 Å². The number of pyridine rings is 1. The molecule has 0 bridgehead atoms. The Morgan fingerprint density at radius 1 is 1.36 bits per heavy atom. The van der Waals surface area contributed by atoms with E-state index in [9.17, 15) is 19.1 Å². The number of rotatable bonds is 4. The maximum Gasteiger partial charge on any atom is 0.267 e. The van der Waals surface area contributed by atoms with Crippen LogP contribution < -0.4 is 16.2 Å². The third-order valence-electron chi connectivity index (χ3n) is 5.74. The van der Waals surface area contributed by atoms with Crippen molar-refractivity contribution < 1.29 is 14.3 Å². The number of carbonyl (C=O) groups excluding carboxylic acids is 1. The van der Waals surface area contributed by atoms with Gasteiger partial charge in [0, 0.05) is 50.7 Å². The standard InChI is InChI=1S/C20H25FN4O3/c1-12-2-3-13-10-14(21)11-15-17(13)25(12)20(28)16(18(15)26)19(27)23-6-9-24-7-4-22-5-8-24/h10-12,22,26H,2-9H2,1H3,(H,23,27)/t12-/m0/s1. The Morgan fingerprint density at radius 2 is 2.11 bits per heavy atom. The number of hydrogen-bond donors (Lipinski definition) is 3. The van der Waals surface area contributed by atoms with Crippen molar-refractivity contribution in [2.45, 2.75) is 25.8 Å². The lowest BCUT2D eigenvalue weighted by atomic mass is 9.95. The molecule has 3 N–H and O–H groups in total. The highest BCUT2D eigenvalue weighted by Crippen LogP contribution is 2.35. The van der Waals surface area contributed by atoms with Gasteiger partial charge in [0.05, 0.1) is 5.52 Å². The molecule has 150 valence electrons. The minimum Gasteiger partial charge on any atom is -0.506 e. The van der Waals surface area contributed by atoms with Gasteiger partial charge in [0.15, 0.2) is 0 Å². The fourth-order valence-corrected chi connectivity index (χ4v) is 4.24. The Morgan fingerprint density at radius 3 is 2.86 bits per heavy atom. The lowest BCUT2D eigenvalue weighted by Gasteiger charge is -2.27. The Labute approximate surface area is 162 Å². The first-order valence-electron chi connectivity index (χ1n) is 9.78. The van der Waals surface area contributed by atoms with Gasteiger partial charge < -0.3 is 20.3 Å². The molecule has 28 heavy (non-hydrogen) atoms. The van der Waals surface area contributed by atoms with Gasteiger partial charge in [-0.05, 0) is 37.5 Å². The van der Waals surface area contributed by atoms with Gasteiger partial charge in [-0.3, -0.25) is 14.5 Å². The van der Waals surface area contributed by atoms with Crippen molar-refractivity contribution in [1.29, 1.82) is 0 Å². The minimum absolute atomic E-state index is 0.124. The number of halogens is 1. The summed E-state index contributed by atoms with van der Waals surface area (Å²) in [7, 11) is 0. The average Bonchev–Trinajstić information content (AvgIpc) is 2.67. The molecule has 4 rings (SSSR count). The summed E-state index contributed by atoms with van der Waals surface area (Å²) in [5.74, 6) is -1.54. The first-order chi connectivity index (χ1) is 13.5. The number of aromatic hydroxyl groups is 1. The Hall–Kier alpha value is -2.45. The molecular formula is C20H25FN4O3. The van der Waals surface area contributed by atoms with Crippen molar-refractivity contribution in [3.63, 3.8) is 0 Å². The van der Waals surface area contributed by atoms with E-state index in [-0.39, 0.29) is 17.0 Å². The molecule has 2 aliphatic heterocycles. The number of piperazine rings is 1. The number of benzene rings is 1. The normalized spacial score (nSPS) is 19.7. The SMILES string of the molecule is C[C@H]1CCc2cc(F)cc3c(O)c(C(=O)NCCN4CCNCC4)c(=O)n1c23. The predicted octanol–water partition coefficient (Wildman–Crippen LogP) is 0.988. The topological polar surface area (TPSA) is 86.6 Å². The van der Waals surface area contributed by atoms with Gasteiger partial charge in [-0.1, -0.05) is 0 Å². The van der Waals surface area contributed by atoms with E-state index in [0.717, 1.165) is 26.2 Å². The van der Waals surface area contributed by atoms with E-state index in [4.69, 9.17) is 0 Å². The zero-order valence-corrected chi connectivity index (χ0v) is 15.9. The molecule has 8 heteroatoms. The van der Waals surface area contributed by atoms with Crippen LogP contribution in [0.4, 0.5) is 4.39 Å². The van der Waals surface area contributed by atoms with Gasteiger partial charge >= 0.3 is 0 Å². The Kier molecular flexibility index (Phi) is 5.07. The number of aromatic nitrogens is 1. The lowest BCUT2D eigenvalue weighted by Crippen LogP contribution is -2.46. The molecule has 0 aliphatic carbocycles. The van der Waals surface area contributed by atoms with Crippen molar-refractivity contribution in [3.8, 4) is 5.75 Å². The van der Waals surface area contributed by atoms with E-state index in [1.165, 1.54) is 16.7 Å². The molecule has 0 unspecified atom stereocenters. The molecule has 0 saturated carbocycles. The zero-order chi connectivity index (χ0) is 19.8. The second-order valence-electron chi connectivity index (χ2n) is 7.60. The van der Waals surface area contributed by atoms with Gasteiger partial charge in [-0.15, -0.1) is 0 Å². The molecule has 0 radical (unpaired) electrons. The number of carbonyl (C=O) groups is 1. The highest BCUT2D eigenvalue weighted by atomic mass is 19.1. The largest absolute Gasteiger partial charge is 0.506 e. The van der Waals surface area contributed by atoms with Crippen molar-refractivity contribution >= 4 is 16.8 Å². The van der Waals surface area contributed by atoms with Crippen LogP contribution in [-0.4, -0.2) is 59.7 Å². The van der Waals surface area contributed by atoms with Gasteiger partial charge in [-0.2, -0.15) is 0 Å². The summed E-state index contributed by atoms with van der Waals surface area (Å²) >= 11 is 0. The quantitative estimate of drug-likeness (QED) is 0.727. The summed E-state index contributed by atoms with van der Waals surface area (Å²) in [5, 5.41) is 16.9. The molecule has 1 aromatic heterocycles. The van der Waals surface area contributed by atoms with E-state index in [1.54, 1.807) is 0 Å². The number of hydrogen-bond acceptors (Lipinski definition) is 5. The van der Waals surface area contributed by atoms with E-state index < -0.39 is 23.0 Å². The van der Waals surface area contributed by atoms with Gasteiger partial charge in [0.2, 0.25) is 0 Å². The fraction of sp³-hybridized carbons (Fsp3) is 0.500. The smallest absolute Gasteiger partial charge is 0.267 e. The zero-order valence-electron chi connectivity index (χ0n) is 15.9. The predicted molar refractivity (Wildman–Crippen MR) is 105 cm³/mol. The van der Waals surface area contributed by atoms with Gasteiger partial charge in [-0.25, -0.2) is 4.39 Å². The highest BCUT2D eigenvalue weighted by molar-refractivity contribution is 6.03. The van der Waals surface area contributed by atoms with E-state index >= 15 is 0 Å². The first kappa shape index (κ1) is 18.9. The minimum atomic E-state index is -0.619. The maximum absolute atomic E-state index is 14.0. The van der Waals surface area contributed by atoms with Crippen LogP contribution in [0, 0.1) is 5.82 Å². The molecule has 1 aromatic carbocycles. The third kappa shape index (κ3) is 3.27. The Bertz CT molecular complexity index is 982. The summed E-state index contributed by atoms with van der Waals surface area (Å²) < 4.78 is 15.6. The average molecular weight is 388 g/mol. The monoisotopic (exact) mass is 388 g/mol. The summed E-state index contributed by atoms with van der Waals surface area (Å²) in [6, 6.07) is 2.47. The fourth-order valence-electron chi connectivity index (χ4n) is 4.24. The van der Waals surface area contributed by atoms with Crippen LogP contribution in [-0.2, 0) is 6.42 Å². The van der Waals surface area contributed by atoms with Crippen molar-refractivity contribution in [1.82, 2.24) is 20.1 Å². The van der Waals surface area contributed by atoms with Crippen molar-refractivity contribution in [2.24, 2.45) is 0 Å². The second kappa shape index (κ2) is 7.52. The summed E-state index contributed by atoms with van der Waals surface area (Å²) in [5.41, 5.74) is 0.383. The van der Waals surface area contributed by atoms with Crippen LogP contribution in [0.5, 0.6) is 5.75 Å². The molecule has 1 saturated heterocycles. The number of amides is 1. The molecule has 1 amide bonds. The molecule has 1 atom stereocenters. The van der Waals surface area contributed by atoms with E-state index in [2.05, 4.69) is 15.5 Å².